The van der Waals surface area contributed by atoms with Crippen molar-refractivity contribution in [2.45, 2.75) is 36.3 Å². The van der Waals surface area contributed by atoms with Crippen LogP contribution in [-0.2, 0) is 0 Å². The third kappa shape index (κ3) is 4.46. The average Bonchev–Trinajstić information content (AvgIpc) is 2.98. The lowest BCUT2D eigenvalue weighted by molar-refractivity contribution is -0.926. The first kappa shape index (κ1) is 21.8. The Labute approximate surface area is 187 Å². The highest BCUT2D eigenvalue weighted by Crippen LogP contribution is 2.37. The van der Waals surface area contributed by atoms with E-state index >= 15 is 0 Å². The number of benzene rings is 2. The molecule has 0 amide bonds. The number of hydrogen-bond donors (Lipinski definition) is 0. The van der Waals surface area contributed by atoms with Gasteiger partial charge in [0, 0.05) is 26.8 Å². The van der Waals surface area contributed by atoms with Crippen LogP contribution in [0.25, 0.3) is 21.9 Å². The van der Waals surface area contributed by atoms with Crippen LogP contribution in [0.4, 0.5) is 0 Å². The fraction of sp³-hybridized carbons (Fsp3) is 0.391. The fourth-order valence-electron chi connectivity index (χ4n) is 4.57. The molecule has 0 N–H and O–H groups in total. The maximum absolute atomic E-state index is 6.11. The van der Waals surface area contributed by atoms with Crippen molar-refractivity contribution >= 4 is 45.3 Å². The smallest absolute Gasteiger partial charge is 0.136 e. The monoisotopic (exact) mass is 479 g/mol. The zero-order valence-electron chi connectivity index (χ0n) is 16.3. The summed E-state index contributed by atoms with van der Waals surface area (Å²) in [5, 5.41) is 3.66. The van der Waals surface area contributed by atoms with E-state index in [-0.39, 0.29) is 17.0 Å². The summed E-state index contributed by atoms with van der Waals surface area (Å²) in [6, 6.07) is 12.5. The molecule has 0 saturated carbocycles. The van der Waals surface area contributed by atoms with Crippen molar-refractivity contribution < 1.29 is 25.9 Å². The maximum atomic E-state index is 6.11. The number of furan rings is 1. The molecular weight excluding hydrogens is 454 g/mol. The van der Waals surface area contributed by atoms with Gasteiger partial charge in [0.1, 0.15) is 11.2 Å². The minimum absolute atomic E-state index is 0. The molecular formula is C23H27BrClNOS. The van der Waals surface area contributed by atoms with Crippen LogP contribution in [0.5, 0.6) is 0 Å². The van der Waals surface area contributed by atoms with Gasteiger partial charge in [-0.1, -0.05) is 25.1 Å². The maximum Gasteiger partial charge on any atom is 0.136 e. The highest BCUT2D eigenvalue weighted by molar-refractivity contribution is 8.00. The van der Waals surface area contributed by atoms with Gasteiger partial charge in [-0.3, -0.25) is 0 Å². The van der Waals surface area contributed by atoms with Gasteiger partial charge in [0.25, 0.3) is 0 Å². The summed E-state index contributed by atoms with van der Waals surface area (Å²) in [6.45, 7) is 11.2. The van der Waals surface area contributed by atoms with Crippen molar-refractivity contribution in [3.63, 3.8) is 0 Å². The molecule has 1 aliphatic rings. The fourth-order valence-corrected chi connectivity index (χ4v) is 6.11. The first-order chi connectivity index (χ1) is 13.1. The Kier molecular flexibility index (Phi) is 7.19. The first-order valence-electron chi connectivity index (χ1n) is 9.87. The van der Waals surface area contributed by atoms with Gasteiger partial charge in [0.2, 0.25) is 0 Å². The standard InChI is InChI=1S/C23H27ClNOS.BrH/c1-3-11-25(12-4-2)13-5-6-19(16-25)27-18-8-10-21-20-9-7-17(24)14-22(20)26-23(21)15-18;/h3,7-10,14-15,19H,1,4-6,11-13,16H2,2H3;1H/q+1;/p-1. The molecule has 0 bridgehead atoms. The third-order valence-corrected chi connectivity index (χ3v) is 7.15. The van der Waals surface area contributed by atoms with Crippen molar-refractivity contribution in [3.8, 4) is 0 Å². The summed E-state index contributed by atoms with van der Waals surface area (Å²) in [4.78, 5) is 1.30. The molecule has 0 radical (unpaired) electrons. The van der Waals surface area contributed by atoms with Gasteiger partial charge in [-0.2, -0.15) is 0 Å². The lowest BCUT2D eigenvalue weighted by Gasteiger charge is -2.43. The molecule has 2 aromatic carbocycles. The second-order valence-electron chi connectivity index (χ2n) is 7.73. The molecule has 1 saturated heterocycles. The highest BCUT2D eigenvalue weighted by atomic mass is 79.9. The molecule has 28 heavy (non-hydrogen) atoms. The van der Waals surface area contributed by atoms with Crippen LogP contribution in [-0.4, -0.2) is 35.9 Å². The number of fused-ring (bicyclic) bond motifs is 3. The van der Waals surface area contributed by atoms with Gasteiger partial charge < -0.3 is 25.9 Å². The third-order valence-electron chi connectivity index (χ3n) is 5.67. The van der Waals surface area contributed by atoms with Crippen LogP contribution in [0.3, 0.4) is 0 Å². The van der Waals surface area contributed by atoms with Crippen LogP contribution in [0, 0.1) is 0 Å². The van der Waals surface area contributed by atoms with Crippen molar-refractivity contribution in [2.24, 2.45) is 0 Å². The summed E-state index contributed by atoms with van der Waals surface area (Å²) >= 11 is 8.12. The number of quaternary nitrogens is 1. The number of nitrogens with zero attached hydrogens (tertiary/aromatic N) is 1. The largest absolute Gasteiger partial charge is 1.00 e. The average molecular weight is 481 g/mol. The van der Waals surface area contributed by atoms with Crippen LogP contribution in [0.15, 0.2) is 58.4 Å². The minimum atomic E-state index is 0. The Balaban J connectivity index is 0.00000225. The molecule has 5 heteroatoms. The summed E-state index contributed by atoms with van der Waals surface area (Å²) in [6.07, 6.45) is 5.93. The molecule has 4 rings (SSSR count). The minimum Gasteiger partial charge on any atom is -1.00 e. The number of hydrogen-bond acceptors (Lipinski definition) is 2. The van der Waals surface area contributed by atoms with E-state index in [0.717, 1.165) is 28.5 Å². The normalized spacial score (nSPS) is 22.3. The molecule has 1 aromatic heterocycles. The summed E-state index contributed by atoms with van der Waals surface area (Å²) in [5.41, 5.74) is 1.82. The van der Waals surface area contributed by atoms with E-state index in [2.05, 4.69) is 37.8 Å². The van der Waals surface area contributed by atoms with Crippen LogP contribution >= 0.6 is 23.4 Å². The van der Waals surface area contributed by atoms with Crippen LogP contribution in [0.1, 0.15) is 26.2 Å². The lowest BCUT2D eigenvalue weighted by atomic mass is 10.1. The lowest BCUT2D eigenvalue weighted by Crippen LogP contribution is -3.00. The molecule has 3 aromatic rings. The molecule has 2 unspecified atom stereocenters. The van der Waals surface area contributed by atoms with E-state index in [1.165, 1.54) is 48.3 Å². The Morgan fingerprint density at radius 1 is 1.21 bits per heavy atom. The number of halogens is 2. The Hall–Kier alpha value is -0.940. The number of rotatable bonds is 6. The quantitative estimate of drug-likeness (QED) is 0.392. The van der Waals surface area contributed by atoms with Crippen molar-refractivity contribution in [2.75, 3.05) is 26.2 Å². The molecule has 2 nitrogen and oxygen atoms in total. The van der Waals surface area contributed by atoms with Crippen LogP contribution in [0.2, 0.25) is 5.02 Å². The Bertz CT molecular complexity index is 968. The molecule has 2 atom stereocenters. The van der Waals surface area contributed by atoms with E-state index in [1.54, 1.807) is 0 Å². The van der Waals surface area contributed by atoms with Crippen molar-refractivity contribution in [1.82, 2.24) is 0 Å². The van der Waals surface area contributed by atoms with E-state index in [0.29, 0.717) is 10.3 Å². The zero-order valence-corrected chi connectivity index (χ0v) is 19.5. The Morgan fingerprint density at radius 2 is 1.96 bits per heavy atom. The number of thioether (sulfide) groups is 1. The van der Waals surface area contributed by atoms with Gasteiger partial charge >= 0.3 is 0 Å². The second-order valence-corrected chi connectivity index (χ2v) is 9.54. The van der Waals surface area contributed by atoms with Gasteiger partial charge in [-0.25, -0.2) is 0 Å². The van der Waals surface area contributed by atoms with Gasteiger partial charge in [0.15, 0.2) is 0 Å². The predicted octanol–water partition coefficient (Wildman–Crippen LogP) is 3.91. The van der Waals surface area contributed by atoms with Gasteiger partial charge in [-0.05, 0) is 55.7 Å². The van der Waals surface area contributed by atoms with E-state index in [9.17, 15) is 0 Å². The SMILES string of the molecule is C=CC[N+]1(CCC)CCCC(Sc2ccc3c(c2)oc2cc(Cl)ccc23)C1.[Br-]. The predicted molar refractivity (Wildman–Crippen MR) is 118 cm³/mol. The number of piperidine rings is 1. The second kappa shape index (κ2) is 9.25. The van der Waals surface area contributed by atoms with Gasteiger partial charge in [-0.15, -0.1) is 11.8 Å². The summed E-state index contributed by atoms with van der Waals surface area (Å²) < 4.78 is 7.26. The van der Waals surface area contributed by atoms with E-state index in [1.807, 2.05) is 30.0 Å². The number of likely N-dealkylation sites (tertiary alicyclic amines) is 1. The van der Waals surface area contributed by atoms with Crippen LogP contribution < -0.4 is 17.0 Å². The molecule has 1 aliphatic heterocycles. The zero-order chi connectivity index (χ0) is 18.9. The van der Waals surface area contributed by atoms with E-state index in [4.69, 9.17) is 16.0 Å². The summed E-state index contributed by atoms with van der Waals surface area (Å²) in [5.74, 6) is 0. The van der Waals surface area contributed by atoms with Crippen molar-refractivity contribution in [1.29, 1.82) is 0 Å². The molecule has 0 aliphatic carbocycles. The summed E-state index contributed by atoms with van der Waals surface area (Å²) in [7, 11) is 0. The highest BCUT2D eigenvalue weighted by Gasteiger charge is 2.33. The molecule has 1 fully saturated rings. The first-order valence-corrected chi connectivity index (χ1v) is 11.1. The molecule has 2 heterocycles. The molecule has 0 spiro atoms. The van der Waals surface area contributed by atoms with Gasteiger partial charge in [0.05, 0.1) is 31.4 Å². The van der Waals surface area contributed by atoms with Crippen molar-refractivity contribution in [3.05, 3.63) is 54.1 Å². The topological polar surface area (TPSA) is 13.1 Å². The Morgan fingerprint density at radius 3 is 2.71 bits per heavy atom. The van der Waals surface area contributed by atoms with E-state index < -0.39 is 0 Å². The molecule has 150 valence electrons.